The molecule has 1 heterocycles. The van der Waals surface area contributed by atoms with Gasteiger partial charge in [-0.2, -0.15) is 0 Å². The van der Waals surface area contributed by atoms with Crippen LogP contribution in [0.15, 0.2) is 24.3 Å². The molecule has 1 fully saturated rings. The smallest absolute Gasteiger partial charge is 0.228 e. The number of nitrogens with one attached hydrogen (secondary N) is 2. The number of anilines is 1. The molecular weight excluding hydrogens is 245 g/mol. The highest BCUT2D eigenvalue weighted by atomic mass is 19.1. The summed E-state index contributed by atoms with van der Waals surface area (Å²) in [6.45, 7) is 6.59. The molecule has 1 atom stereocenters. The number of hydrogen-bond acceptors (Lipinski definition) is 3. The Balaban J connectivity index is 1.83. The largest absolute Gasteiger partial charge is 0.326 e. The van der Waals surface area contributed by atoms with Crippen molar-refractivity contribution in [3.8, 4) is 0 Å². The van der Waals surface area contributed by atoms with Crippen LogP contribution < -0.4 is 10.6 Å². The fourth-order valence-corrected chi connectivity index (χ4v) is 2.16. The molecule has 1 aromatic rings. The summed E-state index contributed by atoms with van der Waals surface area (Å²) in [7, 11) is 0. The maximum Gasteiger partial charge on any atom is 0.228 e. The van der Waals surface area contributed by atoms with E-state index in [0.717, 1.165) is 32.7 Å². The monoisotopic (exact) mass is 265 g/mol. The Morgan fingerprint density at radius 3 is 2.63 bits per heavy atom. The first-order chi connectivity index (χ1) is 9.15. The molecule has 0 aliphatic carbocycles. The van der Waals surface area contributed by atoms with Gasteiger partial charge < -0.3 is 15.5 Å². The molecule has 0 aromatic heterocycles. The molecule has 2 N–H and O–H groups in total. The van der Waals surface area contributed by atoms with Crippen molar-refractivity contribution in [2.45, 2.75) is 6.92 Å². The fraction of sp³-hybridized carbons (Fsp3) is 0.500. The summed E-state index contributed by atoms with van der Waals surface area (Å²) in [6, 6.07) is 5.84. The summed E-state index contributed by atoms with van der Waals surface area (Å²) >= 11 is 0. The van der Waals surface area contributed by atoms with Crippen LogP contribution in [0.25, 0.3) is 0 Å². The van der Waals surface area contributed by atoms with Crippen LogP contribution in [0.4, 0.5) is 10.1 Å². The normalized spacial score (nSPS) is 18.0. The Kier molecular flexibility index (Phi) is 4.87. The molecule has 0 saturated carbocycles. The maximum atomic E-state index is 12.8. The molecule has 1 unspecified atom stereocenters. The van der Waals surface area contributed by atoms with E-state index in [1.807, 2.05) is 6.92 Å². The number of rotatable bonds is 4. The Morgan fingerprint density at radius 1 is 1.37 bits per heavy atom. The number of benzene rings is 1. The summed E-state index contributed by atoms with van der Waals surface area (Å²) in [5.74, 6) is -0.403. The van der Waals surface area contributed by atoms with Crippen LogP contribution in [0.5, 0.6) is 0 Å². The molecule has 19 heavy (non-hydrogen) atoms. The van der Waals surface area contributed by atoms with Crippen LogP contribution in [0, 0.1) is 11.7 Å². The third-order valence-electron chi connectivity index (χ3n) is 3.30. The van der Waals surface area contributed by atoms with Crippen LogP contribution in [-0.4, -0.2) is 43.5 Å². The lowest BCUT2D eigenvalue weighted by Crippen LogP contribution is -2.46. The van der Waals surface area contributed by atoms with Crippen LogP contribution >= 0.6 is 0 Å². The summed E-state index contributed by atoms with van der Waals surface area (Å²) in [5.41, 5.74) is 0.638. The van der Waals surface area contributed by atoms with E-state index >= 15 is 0 Å². The molecule has 1 amide bonds. The van der Waals surface area contributed by atoms with Gasteiger partial charge >= 0.3 is 0 Å². The van der Waals surface area contributed by atoms with Crippen LogP contribution in [0.2, 0.25) is 0 Å². The molecule has 4 nitrogen and oxygen atoms in total. The van der Waals surface area contributed by atoms with E-state index in [-0.39, 0.29) is 17.6 Å². The summed E-state index contributed by atoms with van der Waals surface area (Å²) in [4.78, 5) is 14.3. The van der Waals surface area contributed by atoms with E-state index in [2.05, 4.69) is 15.5 Å². The molecule has 0 spiro atoms. The van der Waals surface area contributed by atoms with Crippen molar-refractivity contribution >= 4 is 11.6 Å². The molecule has 1 aromatic carbocycles. The molecule has 104 valence electrons. The first kappa shape index (κ1) is 14.0. The van der Waals surface area contributed by atoms with Crippen molar-refractivity contribution in [1.82, 2.24) is 10.2 Å². The van der Waals surface area contributed by atoms with Gasteiger partial charge in [-0.25, -0.2) is 4.39 Å². The van der Waals surface area contributed by atoms with Gasteiger partial charge in [0.15, 0.2) is 0 Å². The van der Waals surface area contributed by atoms with Gasteiger partial charge in [-0.05, 0) is 24.3 Å². The second kappa shape index (κ2) is 6.63. The van der Waals surface area contributed by atoms with E-state index in [4.69, 9.17) is 0 Å². The van der Waals surface area contributed by atoms with Crippen molar-refractivity contribution in [3.63, 3.8) is 0 Å². The number of hydrogen-bond donors (Lipinski definition) is 2. The van der Waals surface area contributed by atoms with Crippen LogP contribution in [0.3, 0.4) is 0 Å². The number of nitrogens with zero attached hydrogens (tertiary/aromatic N) is 1. The second-order valence-corrected chi connectivity index (χ2v) is 4.95. The lowest BCUT2D eigenvalue weighted by Gasteiger charge is -2.29. The molecular formula is C14H20FN3O. The predicted octanol–water partition coefficient (Wildman–Crippen LogP) is 1.31. The Morgan fingerprint density at radius 2 is 2.00 bits per heavy atom. The fourth-order valence-electron chi connectivity index (χ4n) is 2.16. The molecule has 0 bridgehead atoms. The Labute approximate surface area is 113 Å². The van der Waals surface area contributed by atoms with E-state index < -0.39 is 0 Å². The van der Waals surface area contributed by atoms with Crippen molar-refractivity contribution in [3.05, 3.63) is 30.1 Å². The molecule has 1 aliphatic heterocycles. The highest BCUT2D eigenvalue weighted by Gasteiger charge is 2.18. The Bertz CT molecular complexity index is 415. The van der Waals surface area contributed by atoms with E-state index in [9.17, 15) is 9.18 Å². The van der Waals surface area contributed by atoms with Gasteiger partial charge in [-0.15, -0.1) is 0 Å². The van der Waals surface area contributed by atoms with E-state index in [0.29, 0.717) is 5.69 Å². The zero-order valence-corrected chi connectivity index (χ0v) is 11.2. The standard InChI is InChI=1S/C14H20FN3O/c1-11(10-18-8-6-16-7-9-18)14(19)17-13-4-2-12(15)3-5-13/h2-5,11,16H,6-10H2,1H3,(H,17,19). The highest BCUT2D eigenvalue weighted by molar-refractivity contribution is 5.92. The summed E-state index contributed by atoms with van der Waals surface area (Å²) in [6.07, 6.45) is 0. The topological polar surface area (TPSA) is 44.4 Å². The highest BCUT2D eigenvalue weighted by Crippen LogP contribution is 2.11. The number of piperazine rings is 1. The lowest BCUT2D eigenvalue weighted by molar-refractivity contribution is -0.120. The quantitative estimate of drug-likeness (QED) is 0.862. The van der Waals surface area contributed by atoms with Gasteiger partial charge in [-0.3, -0.25) is 4.79 Å². The minimum atomic E-state index is -0.299. The lowest BCUT2D eigenvalue weighted by atomic mass is 10.1. The maximum absolute atomic E-state index is 12.8. The van der Waals surface area contributed by atoms with Gasteiger partial charge in [-0.1, -0.05) is 6.92 Å². The minimum absolute atomic E-state index is 0.0230. The van der Waals surface area contributed by atoms with Gasteiger partial charge in [0.2, 0.25) is 5.91 Å². The zero-order chi connectivity index (χ0) is 13.7. The average molecular weight is 265 g/mol. The third kappa shape index (κ3) is 4.29. The molecule has 5 heteroatoms. The third-order valence-corrected chi connectivity index (χ3v) is 3.30. The average Bonchev–Trinajstić information content (AvgIpc) is 2.42. The molecule has 1 aliphatic rings. The summed E-state index contributed by atoms with van der Waals surface area (Å²) < 4.78 is 12.8. The van der Waals surface area contributed by atoms with Crippen LogP contribution in [0.1, 0.15) is 6.92 Å². The van der Waals surface area contributed by atoms with E-state index in [1.54, 1.807) is 12.1 Å². The molecule has 0 radical (unpaired) electrons. The van der Waals surface area contributed by atoms with Crippen LogP contribution in [-0.2, 0) is 4.79 Å². The van der Waals surface area contributed by atoms with Crippen molar-refractivity contribution in [2.24, 2.45) is 5.92 Å². The zero-order valence-electron chi connectivity index (χ0n) is 11.2. The number of halogens is 1. The Hall–Kier alpha value is -1.46. The minimum Gasteiger partial charge on any atom is -0.326 e. The SMILES string of the molecule is CC(CN1CCNCC1)C(=O)Nc1ccc(F)cc1. The van der Waals surface area contributed by atoms with Gasteiger partial charge in [0.1, 0.15) is 5.82 Å². The van der Waals surface area contributed by atoms with Gasteiger partial charge in [0.05, 0.1) is 0 Å². The van der Waals surface area contributed by atoms with Crippen molar-refractivity contribution < 1.29 is 9.18 Å². The van der Waals surface area contributed by atoms with Crippen molar-refractivity contribution in [1.29, 1.82) is 0 Å². The summed E-state index contributed by atoms with van der Waals surface area (Å²) in [5, 5.41) is 6.10. The number of carbonyl (C=O) groups is 1. The molecule has 1 saturated heterocycles. The first-order valence-corrected chi connectivity index (χ1v) is 6.64. The van der Waals surface area contributed by atoms with Gasteiger partial charge in [0.25, 0.3) is 0 Å². The van der Waals surface area contributed by atoms with Gasteiger partial charge in [0, 0.05) is 44.3 Å². The first-order valence-electron chi connectivity index (χ1n) is 6.64. The number of carbonyl (C=O) groups excluding carboxylic acids is 1. The predicted molar refractivity (Wildman–Crippen MR) is 73.5 cm³/mol. The molecule has 2 rings (SSSR count). The number of amides is 1. The van der Waals surface area contributed by atoms with Crippen molar-refractivity contribution in [2.75, 3.05) is 38.0 Å². The second-order valence-electron chi connectivity index (χ2n) is 4.95. The van der Waals surface area contributed by atoms with E-state index in [1.165, 1.54) is 12.1 Å².